The molecule has 20 heteroatoms. The Kier molecular flexibility index (Phi) is 12.0. The van der Waals surface area contributed by atoms with Gasteiger partial charge in [0.05, 0.1) is 50.9 Å². The van der Waals surface area contributed by atoms with Crippen molar-refractivity contribution >= 4 is 49.3 Å². The summed E-state index contributed by atoms with van der Waals surface area (Å²) in [7, 11) is -2.44. The molecule has 1 aliphatic heterocycles. The summed E-state index contributed by atoms with van der Waals surface area (Å²) in [5, 5.41) is 43.8. The van der Waals surface area contributed by atoms with Crippen molar-refractivity contribution < 1.29 is 35.9 Å². The van der Waals surface area contributed by atoms with E-state index in [1.54, 1.807) is 23.9 Å². The Morgan fingerprint density at radius 3 is 2.21 bits per heavy atom. The number of unbranched alkanes of at least 4 members (excludes halogenated alkanes) is 2. The monoisotopic (exact) mass is 872 g/mol. The van der Waals surface area contributed by atoms with Crippen LogP contribution in [0.4, 0.5) is 40.3 Å². The van der Waals surface area contributed by atoms with Crippen molar-refractivity contribution in [1.29, 1.82) is 5.26 Å². The Balaban J connectivity index is 0.875. The zero-order valence-electron chi connectivity index (χ0n) is 33.2. The summed E-state index contributed by atoms with van der Waals surface area (Å²) in [6, 6.07) is 19.6. The van der Waals surface area contributed by atoms with Gasteiger partial charge in [-0.2, -0.15) is 28.6 Å². The van der Waals surface area contributed by atoms with E-state index >= 15 is 0 Å². The van der Waals surface area contributed by atoms with Crippen LogP contribution in [0, 0.1) is 17.1 Å². The molecule has 2 aromatic heterocycles. The number of hydrogen-bond acceptors (Lipinski definition) is 12. The first kappa shape index (κ1) is 43.2. The topological polar surface area (TPSA) is 220 Å². The molecule has 0 fully saturated rings. The van der Waals surface area contributed by atoms with Crippen LogP contribution < -0.4 is 26.8 Å². The number of aliphatic hydroxyl groups is 1. The van der Waals surface area contributed by atoms with Gasteiger partial charge in [-0.1, -0.05) is 12.1 Å². The molecular formula is C42H40F4N10O5S. The fourth-order valence-electron chi connectivity index (χ4n) is 7.39. The highest BCUT2D eigenvalue weighted by Crippen LogP contribution is 2.46. The largest absolute Gasteiger partial charge is 0.417 e. The molecule has 6 N–H and O–H groups in total. The van der Waals surface area contributed by atoms with Gasteiger partial charge in [-0.25, -0.2) is 22.9 Å². The molecule has 3 atom stereocenters. The first-order valence-electron chi connectivity index (χ1n) is 19.3. The summed E-state index contributed by atoms with van der Waals surface area (Å²) < 4.78 is 82.5. The third-order valence-corrected chi connectivity index (χ3v) is 12.4. The smallest absolute Gasteiger partial charge is 0.385 e. The molecule has 1 unspecified atom stereocenters. The molecule has 62 heavy (non-hydrogen) atoms. The van der Waals surface area contributed by atoms with Gasteiger partial charge in [0.1, 0.15) is 18.0 Å². The van der Waals surface area contributed by atoms with Crippen LogP contribution in [0.3, 0.4) is 0 Å². The normalized spacial score (nSPS) is 15.9. The van der Waals surface area contributed by atoms with Crippen LogP contribution >= 0.6 is 0 Å². The number of benzene rings is 4. The Bertz CT molecular complexity index is 2840. The number of sulfone groups is 1. The minimum absolute atomic E-state index is 0.166. The van der Waals surface area contributed by atoms with Crippen LogP contribution in [0.15, 0.2) is 94.9 Å². The first-order chi connectivity index (χ1) is 29.4. The standard InChI is InChI=1S/C42H40F4N10O5S/c1-41(59,40(58)52-29-11-8-25(21-47)32(20-29)42(44,45)46)22-62(60,61)30-14-12-28(13-15-30)49-17-5-3-4-16-48-27-9-6-24(7-10-27)36-35(38-50-23-51-56(38)2)37-34-31(39(57)55-54-37)18-26(43)19-33(34)53-36/h6-15,18-20,23,35-36,48-49,53,59H,3-5,16-17,22H2,1-2H3,(H,52,58)(H,55,57)/t35-,36-,41?/m1/s1. The van der Waals surface area contributed by atoms with Crippen LogP contribution in [0.5, 0.6) is 0 Å². The average molecular weight is 873 g/mol. The number of hydrogen-bond donors (Lipinski definition) is 6. The lowest BCUT2D eigenvalue weighted by molar-refractivity contribution is -0.137. The number of aromatic nitrogens is 5. The van der Waals surface area contributed by atoms with Crippen LogP contribution in [-0.4, -0.2) is 68.8 Å². The van der Waals surface area contributed by atoms with Gasteiger partial charge < -0.3 is 26.4 Å². The van der Waals surface area contributed by atoms with E-state index in [2.05, 4.69) is 41.5 Å². The number of rotatable bonds is 15. The second-order valence-electron chi connectivity index (χ2n) is 15.1. The number of nitrogens with one attached hydrogen (secondary N) is 5. The first-order valence-corrected chi connectivity index (χ1v) is 21.0. The number of anilines is 4. The minimum atomic E-state index is -4.88. The lowest BCUT2D eigenvalue weighted by Crippen LogP contribution is -2.45. The summed E-state index contributed by atoms with van der Waals surface area (Å²) in [5.74, 6) is -2.66. The van der Waals surface area contributed by atoms with Crippen molar-refractivity contribution in [2.75, 3.05) is 40.1 Å². The third-order valence-electron chi connectivity index (χ3n) is 10.5. The van der Waals surface area contributed by atoms with E-state index in [1.807, 2.05) is 24.3 Å². The molecule has 1 amide bonds. The molecule has 4 aromatic carbocycles. The van der Waals surface area contributed by atoms with Crippen molar-refractivity contribution in [3.63, 3.8) is 0 Å². The number of amides is 1. The van der Waals surface area contributed by atoms with E-state index in [9.17, 15) is 40.7 Å². The quantitative estimate of drug-likeness (QED) is 0.0499. The van der Waals surface area contributed by atoms with E-state index in [4.69, 9.17) is 5.26 Å². The van der Waals surface area contributed by atoms with Crippen LogP contribution in [0.1, 0.15) is 66.4 Å². The predicted octanol–water partition coefficient (Wildman–Crippen LogP) is 6.24. The van der Waals surface area contributed by atoms with Crippen molar-refractivity contribution in [1.82, 2.24) is 25.0 Å². The number of alkyl halides is 3. The molecule has 0 saturated carbocycles. The molecule has 15 nitrogen and oxygen atoms in total. The molecular weight excluding hydrogens is 833 g/mol. The fraction of sp³-hybridized carbons (Fsp3) is 0.286. The second kappa shape index (κ2) is 17.3. The molecule has 0 spiro atoms. The van der Waals surface area contributed by atoms with Crippen molar-refractivity contribution in [3.8, 4) is 6.07 Å². The van der Waals surface area contributed by atoms with E-state index < -0.39 is 67.7 Å². The number of halogens is 4. The van der Waals surface area contributed by atoms with E-state index in [-0.39, 0.29) is 16.0 Å². The summed E-state index contributed by atoms with van der Waals surface area (Å²) in [6.07, 6.45) is -0.882. The highest BCUT2D eigenvalue weighted by atomic mass is 32.2. The Hall–Kier alpha value is -6.85. The summed E-state index contributed by atoms with van der Waals surface area (Å²) in [6.45, 7) is 2.24. The maximum absolute atomic E-state index is 14.6. The van der Waals surface area contributed by atoms with Gasteiger partial charge >= 0.3 is 6.18 Å². The number of carbonyl (C=O) groups is 1. The van der Waals surface area contributed by atoms with Crippen LogP contribution in [-0.2, 0) is 27.9 Å². The molecule has 0 radical (unpaired) electrons. The highest BCUT2D eigenvalue weighted by molar-refractivity contribution is 7.91. The van der Waals surface area contributed by atoms with Gasteiger partial charge in [-0.3, -0.25) is 14.3 Å². The number of aromatic amines is 1. The predicted molar refractivity (Wildman–Crippen MR) is 223 cm³/mol. The van der Waals surface area contributed by atoms with Crippen LogP contribution in [0.25, 0.3) is 10.8 Å². The zero-order valence-corrected chi connectivity index (χ0v) is 34.0. The Morgan fingerprint density at radius 2 is 1.60 bits per heavy atom. The molecule has 1 aliphatic rings. The molecule has 0 aliphatic carbocycles. The van der Waals surface area contributed by atoms with Gasteiger partial charge in [0.25, 0.3) is 11.5 Å². The zero-order chi connectivity index (χ0) is 44.4. The number of nitrogens with zero attached hydrogens (tertiary/aromatic N) is 5. The lowest BCUT2D eigenvalue weighted by Gasteiger charge is -2.33. The maximum atomic E-state index is 14.6. The number of nitriles is 1. The van der Waals surface area contributed by atoms with E-state index in [1.165, 1.54) is 36.7 Å². The summed E-state index contributed by atoms with van der Waals surface area (Å²) in [4.78, 5) is 29.7. The minimum Gasteiger partial charge on any atom is -0.385 e. The number of carbonyl (C=O) groups excluding carboxylic acids is 1. The fourth-order valence-corrected chi connectivity index (χ4v) is 8.98. The van der Waals surface area contributed by atoms with Crippen molar-refractivity contribution in [2.24, 2.45) is 7.05 Å². The molecule has 7 rings (SSSR count). The lowest BCUT2D eigenvalue weighted by atomic mass is 9.83. The Morgan fingerprint density at radius 1 is 0.952 bits per heavy atom. The van der Waals surface area contributed by atoms with Crippen molar-refractivity contribution in [3.05, 3.63) is 130 Å². The number of H-pyrrole nitrogens is 1. The van der Waals surface area contributed by atoms with Gasteiger partial charge in [0.15, 0.2) is 15.4 Å². The average Bonchev–Trinajstić information content (AvgIpc) is 3.65. The van der Waals surface area contributed by atoms with E-state index in [0.717, 1.165) is 49.6 Å². The summed E-state index contributed by atoms with van der Waals surface area (Å²) >= 11 is 0. The molecule has 0 bridgehead atoms. The van der Waals surface area contributed by atoms with Crippen molar-refractivity contribution in [2.45, 2.75) is 54.8 Å². The molecule has 3 heterocycles. The Labute approximate surface area is 352 Å². The molecule has 322 valence electrons. The van der Waals surface area contributed by atoms with Crippen LogP contribution in [0.2, 0.25) is 0 Å². The SMILES string of the molecule is Cn1ncnc1[C@H]1c2n[nH]c(=O)c3cc(F)cc(c23)N[C@@H]1c1ccc(NCCCCCNc2ccc(S(=O)(=O)CC(C)(O)C(=O)Nc3ccc(C#N)c(C(F)(F)F)c3)cc2)cc1. The summed E-state index contributed by atoms with van der Waals surface area (Å²) in [5.41, 5.74) is -1.86. The van der Waals surface area contributed by atoms with Gasteiger partial charge in [-0.15, -0.1) is 0 Å². The number of aryl methyl sites for hydroxylation is 1. The van der Waals surface area contributed by atoms with Gasteiger partial charge in [-0.05, 0) is 98.5 Å². The van der Waals surface area contributed by atoms with Gasteiger partial charge in [0, 0.05) is 48.3 Å². The second-order valence-corrected chi connectivity index (χ2v) is 17.1. The third kappa shape index (κ3) is 9.23. The maximum Gasteiger partial charge on any atom is 0.417 e. The highest BCUT2D eigenvalue weighted by Gasteiger charge is 2.39. The van der Waals surface area contributed by atoms with E-state index in [0.29, 0.717) is 47.4 Å². The van der Waals surface area contributed by atoms with Gasteiger partial charge in [0.2, 0.25) is 0 Å². The molecule has 6 aromatic rings. The molecule has 0 saturated heterocycles.